The maximum atomic E-state index is 12.1. The summed E-state index contributed by atoms with van der Waals surface area (Å²) in [5.74, 6) is 1.16. The van der Waals surface area contributed by atoms with Crippen LogP contribution in [0.5, 0.6) is 5.75 Å². The Morgan fingerprint density at radius 1 is 1.50 bits per heavy atom. The summed E-state index contributed by atoms with van der Waals surface area (Å²) in [5.41, 5.74) is 6.31. The van der Waals surface area contributed by atoms with Crippen LogP contribution in [0.3, 0.4) is 0 Å². The van der Waals surface area contributed by atoms with E-state index < -0.39 is 0 Å². The molecule has 2 N–H and O–H groups in total. The van der Waals surface area contributed by atoms with Crippen molar-refractivity contribution in [2.24, 2.45) is 11.7 Å². The lowest BCUT2D eigenvalue weighted by Crippen LogP contribution is -2.41. The molecule has 1 unspecified atom stereocenters. The molecule has 1 aromatic rings. The highest BCUT2D eigenvalue weighted by atomic mass is 32.1. The van der Waals surface area contributed by atoms with Crippen LogP contribution in [0.4, 0.5) is 0 Å². The number of benzene rings is 1. The van der Waals surface area contributed by atoms with Gasteiger partial charge in [-0.2, -0.15) is 0 Å². The molecule has 0 bridgehead atoms. The highest BCUT2D eigenvalue weighted by Crippen LogP contribution is 2.19. The van der Waals surface area contributed by atoms with E-state index in [1.807, 2.05) is 17.0 Å². The molecule has 1 saturated heterocycles. The molecule has 1 aromatic carbocycles. The van der Waals surface area contributed by atoms with Crippen LogP contribution in [0.25, 0.3) is 0 Å². The molecular formula is C15H20N2O2S. The van der Waals surface area contributed by atoms with E-state index in [-0.39, 0.29) is 17.5 Å². The van der Waals surface area contributed by atoms with E-state index in [2.05, 4.69) is 6.92 Å². The van der Waals surface area contributed by atoms with Crippen LogP contribution in [0.15, 0.2) is 24.3 Å². The molecule has 0 spiro atoms. The van der Waals surface area contributed by atoms with Crippen LogP contribution in [-0.4, -0.2) is 35.5 Å². The Kier molecular flexibility index (Phi) is 4.95. The van der Waals surface area contributed by atoms with Gasteiger partial charge in [0.05, 0.1) is 5.56 Å². The monoisotopic (exact) mass is 292 g/mol. The largest absolute Gasteiger partial charge is 0.483 e. The number of nitrogens with two attached hydrogens (primary N) is 1. The summed E-state index contributed by atoms with van der Waals surface area (Å²) in [5, 5.41) is 0. The van der Waals surface area contributed by atoms with Gasteiger partial charge >= 0.3 is 0 Å². The molecule has 0 aromatic heterocycles. The maximum absolute atomic E-state index is 12.1. The number of piperidine rings is 1. The van der Waals surface area contributed by atoms with Crippen molar-refractivity contribution in [3.05, 3.63) is 29.8 Å². The van der Waals surface area contributed by atoms with E-state index >= 15 is 0 Å². The molecule has 1 fully saturated rings. The summed E-state index contributed by atoms with van der Waals surface area (Å²) >= 11 is 4.97. The van der Waals surface area contributed by atoms with Crippen LogP contribution in [0, 0.1) is 5.92 Å². The number of likely N-dealkylation sites (tertiary alicyclic amines) is 1. The van der Waals surface area contributed by atoms with Gasteiger partial charge in [0.2, 0.25) is 0 Å². The highest BCUT2D eigenvalue weighted by molar-refractivity contribution is 7.80. The third kappa shape index (κ3) is 3.70. The van der Waals surface area contributed by atoms with Gasteiger partial charge in [-0.3, -0.25) is 4.79 Å². The van der Waals surface area contributed by atoms with E-state index in [0.717, 1.165) is 19.5 Å². The Bertz CT molecular complexity index is 504. The average molecular weight is 292 g/mol. The van der Waals surface area contributed by atoms with Crippen LogP contribution >= 0.6 is 12.2 Å². The maximum Gasteiger partial charge on any atom is 0.260 e. The number of rotatable bonds is 4. The lowest BCUT2D eigenvalue weighted by atomic mass is 10.0. The van der Waals surface area contributed by atoms with Crippen molar-refractivity contribution in [1.82, 2.24) is 4.90 Å². The molecule has 1 amide bonds. The molecule has 0 aliphatic carbocycles. The van der Waals surface area contributed by atoms with Gasteiger partial charge < -0.3 is 15.4 Å². The lowest BCUT2D eigenvalue weighted by Gasteiger charge is -2.30. The van der Waals surface area contributed by atoms with Crippen molar-refractivity contribution in [1.29, 1.82) is 0 Å². The third-order valence-electron chi connectivity index (χ3n) is 3.51. The fraction of sp³-hybridized carbons (Fsp3) is 0.467. The molecule has 1 aliphatic rings. The van der Waals surface area contributed by atoms with Gasteiger partial charge in [0.15, 0.2) is 6.61 Å². The fourth-order valence-electron chi connectivity index (χ4n) is 2.44. The van der Waals surface area contributed by atoms with E-state index in [1.54, 1.807) is 12.1 Å². The minimum absolute atomic E-state index is 0.0225. The van der Waals surface area contributed by atoms with Crippen LogP contribution < -0.4 is 10.5 Å². The summed E-state index contributed by atoms with van der Waals surface area (Å²) in [4.78, 5) is 14.3. The zero-order valence-electron chi connectivity index (χ0n) is 11.7. The lowest BCUT2D eigenvalue weighted by molar-refractivity contribution is -0.135. The Hall–Kier alpha value is -1.62. The Balaban J connectivity index is 1.95. The highest BCUT2D eigenvalue weighted by Gasteiger charge is 2.21. The zero-order chi connectivity index (χ0) is 14.5. The van der Waals surface area contributed by atoms with Crippen molar-refractivity contribution in [2.75, 3.05) is 19.7 Å². The van der Waals surface area contributed by atoms with Crippen molar-refractivity contribution >= 4 is 23.1 Å². The number of thiocarbonyl (C=S) groups is 1. The van der Waals surface area contributed by atoms with E-state index in [0.29, 0.717) is 17.2 Å². The first-order valence-corrected chi connectivity index (χ1v) is 7.28. The van der Waals surface area contributed by atoms with Gasteiger partial charge in [0, 0.05) is 13.1 Å². The predicted octanol–water partition coefficient (Wildman–Crippen LogP) is 1.96. The summed E-state index contributed by atoms with van der Waals surface area (Å²) in [6.07, 6.45) is 2.26. The van der Waals surface area contributed by atoms with Gasteiger partial charge in [0.25, 0.3) is 5.91 Å². The molecular weight excluding hydrogens is 272 g/mol. The molecule has 2 rings (SSSR count). The first-order chi connectivity index (χ1) is 9.58. The number of carbonyl (C=O) groups is 1. The van der Waals surface area contributed by atoms with Crippen molar-refractivity contribution < 1.29 is 9.53 Å². The normalized spacial score (nSPS) is 18.6. The molecule has 108 valence electrons. The van der Waals surface area contributed by atoms with Crippen LogP contribution in [-0.2, 0) is 4.79 Å². The minimum atomic E-state index is 0.0225. The SMILES string of the molecule is CC1CCCN(C(=O)COc2ccccc2C(N)=S)C1. The van der Waals surface area contributed by atoms with Crippen molar-refractivity contribution in [3.63, 3.8) is 0 Å². The molecule has 1 atom stereocenters. The number of hydrogen-bond acceptors (Lipinski definition) is 3. The second kappa shape index (κ2) is 6.70. The van der Waals surface area contributed by atoms with E-state index in [4.69, 9.17) is 22.7 Å². The van der Waals surface area contributed by atoms with Crippen molar-refractivity contribution in [2.45, 2.75) is 19.8 Å². The smallest absolute Gasteiger partial charge is 0.260 e. The third-order valence-corrected chi connectivity index (χ3v) is 3.73. The first-order valence-electron chi connectivity index (χ1n) is 6.87. The van der Waals surface area contributed by atoms with Gasteiger partial charge in [-0.25, -0.2) is 0 Å². The van der Waals surface area contributed by atoms with Gasteiger partial charge in [-0.1, -0.05) is 31.3 Å². The molecule has 5 heteroatoms. The molecule has 20 heavy (non-hydrogen) atoms. The fourth-order valence-corrected chi connectivity index (χ4v) is 2.61. The van der Waals surface area contributed by atoms with E-state index in [1.165, 1.54) is 6.42 Å². The van der Waals surface area contributed by atoms with Gasteiger partial charge in [-0.15, -0.1) is 0 Å². The average Bonchev–Trinajstić information content (AvgIpc) is 2.45. The topological polar surface area (TPSA) is 55.6 Å². The minimum Gasteiger partial charge on any atom is -0.483 e. The van der Waals surface area contributed by atoms with Gasteiger partial charge in [0.1, 0.15) is 10.7 Å². The Labute approximate surface area is 124 Å². The Morgan fingerprint density at radius 3 is 2.95 bits per heavy atom. The number of nitrogens with zero attached hydrogens (tertiary/aromatic N) is 1. The summed E-state index contributed by atoms with van der Waals surface area (Å²) in [7, 11) is 0. The number of ether oxygens (including phenoxy) is 1. The zero-order valence-corrected chi connectivity index (χ0v) is 12.5. The van der Waals surface area contributed by atoms with E-state index in [9.17, 15) is 4.79 Å². The first kappa shape index (κ1) is 14.8. The number of amides is 1. The quantitative estimate of drug-likeness (QED) is 0.862. The molecule has 0 radical (unpaired) electrons. The summed E-state index contributed by atoms with van der Waals surface area (Å²) in [6.45, 7) is 3.84. The van der Waals surface area contributed by atoms with Gasteiger partial charge in [-0.05, 0) is 30.9 Å². The summed E-state index contributed by atoms with van der Waals surface area (Å²) in [6, 6.07) is 7.26. The second-order valence-corrected chi connectivity index (χ2v) is 5.68. The molecule has 4 nitrogen and oxygen atoms in total. The molecule has 1 aliphatic heterocycles. The van der Waals surface area contributed by atoms with Crippen molar-refractivity contribution in [3.8, 4) is 5.75 Å². The Morgan fingerprint density at radius 2 is 2.25 bits per heavy atom. The standard InChI is InChI=1S/C15H20N2O2S/c1-11-5-4-8-17(9-11)14(18)10-19-13-7-3-2-6-12(13)15(16)20/h2-3,6-7,11H,4-5,8-10H2,1H3,(H2,16,20). The number of hydrogen-bond donors (Lipinski definition) is 1. The summed E-state index contributed by atoms with van der Waals surface area (Å²) < 4.78 is 5.59. The predicted molar refractivity (Wildman–Crippen MR) is 82.8 cm³/mol. The number of carbonyl (C=O) groups excluding carboxylic acids is 1. The molecule has 0 saturated carbocycles. The van der Waals surface area contributed by atoms with Crippen LogP contribution in [0.1, 0.15) is 25.3 Å². The second-order valence-electron chi connectivity index (χ2n) is 5.24. The van der Waals surface area contributed by atoms with Crippen LogP contribution in [0.2, 0.25) is 0 Å². The molecule has 1 heterocycles. The number of para-hydroxylation sites is 1.